The normalized spacial score (nSPS) is 39.1. The molecule has 0 aliphatic heterocycles. The fourth-order valence-corrected chi connectivity index (χ4v) is 3.64. The van der Waals surface area contributed by atoms with E-state index in [0.717, 1.165) is 12.8 Å². The van der Waals surface area contributed by atoms with Crippen molar-refractivity contribution in [1.29, 1.82) is 0 Å². The van der Waals surface area contributed by atoms with Crippen LogP contribution in [-0.2, 0) is 14.3 Å². The first-order valence-electron chi connectivity index (χ1n) is 7.24. The predicted octanol–water partition coefficient (Wildman–Crippen LogP) is 3.28. The molecule has 0 bridgehead atoms. The summed E-state index contributed by atoms with van der Waals surface area (Å²) in [6.45, 7) is 8.02. The van der Waals surface area contributed by atoms with Crippen LogP contribution in [0.3, 0.4) is 0 Å². The Bertz CT molecular complexity index is 424. The third kappa shape index (κ3) is 2.47. The van der Waals surface area contributed by atoms with Gasteiger partial charge in [-0.2, -0.15) is 0 Å². The minimum Gasteiger partial charge on any atom is -0.459 e. The second kappa shape index (κ2) is 5.10. The van der Waals surface area contributed by atoms with Crippen molar-refractivity contribution in [2.75, 3.05) is 0 Å². The molecule has 0 saturated heterocycles. The lowest BCUT2D eigenvalue weighted by Crippen LogP contribution is -2.43. The minimum absolute atomic E-state index is 0.0180. The Kier molecular flexibility index (Phi) is 3.84. The van der Waals surface area contributed by atoms with Crippen molar-refractivity contribution in [2.24, 2.45) is 17.3 Å². The van der Waals surface area contributed by atoms with Crippen LogP contribution in [0.5, 0.6) is 0 Å². The molecule has 0 spiro atoms. The van der Waals surface area contributed by atoms with Gasteiger partial charge in [0.1, 0.15) is 11.9 Å². The number of rotatable bonds is 2. The zero-order valence-electron chi connectivity index (χ0n) is 12.4. The molecule has 106 valence electrons. The molecule has 0 N–H and O–H groups in total. The summed E-state index contributed by atoms with van der Waals surface area (Å²) in [5, 5.41) is 0. The molecule has 19 heavy (non-hydrogen) atoms. The summed E-state index contributed by atoms with van der Waals surface area (Å²) >= 11 is 0. The fraction of sp³-hybridized carbons (Fsp3) is 0.750. The highest BCUT2D eigenvalue weighted by Crippen LogP contribution is 2.54. The lowest BCUT2D eigenvalue weighted by molar-refractivity contribution is -0.154. The van der Waals surface area contributed by atoms with E-state index in [1.807, 2.05) is 6.92 Å². The minimum atomic E-state index is -0.233. The molecule has 2 aliphatic rings. The second-order valence-corrected chi connectivity index (χ2v) is 6.43. The first-order chi connectivity index (χ1) is 8.88. The molecule has 0 aromatic rings. The number of carbonyl (C=O) groups excluding carboxylic acids is 2. The fourth-order valence-electron chi connectivity index (χ4n) is 3.64. The van der Waals surface area contributed by atoms with E-state index < -0.39 is 0 Å². The van der Waals surface area contributed by atoms with E-state index in [1.165, 1.54) is 0 Å². The molecule has 2 rings (SSSR count). The van der Waals surface area contributed by atoms with E-state index in [4.69, 9.17) is 4.74 Å². The number of esters is 1. The standard InChI is InChI=1S/C16H24O3/c1-5-10(2)15(18)19-14-7-6-11(3)16(4)9-12(17)8-13(14)16/h5,11,13-14H,6-9H2,1-4H3/b10-5-/t11-,13-,14+,16+/m0/s1. The molecular weight excluding hydrogens is 240 g/mol. The SMILES string of the molecule is C/C=C(/C)C(=O)O[C@@H]1CC[C@H](C)[C@@]2(C)CC(=O)C[C@@H]12. The number of ketones is 1. The molecule has 3 heteroatoms. The van der Waals surface area contributed by atoms with E-state index in [0.29, 0.717) is 30.1 Å². The molecule has 0 amide bonds. The van der Waals surface area contributed by atoms with Gasteiger partial charge in [0, 0.05) is 24.3 Å². The van der Waals surface area contributed by atoms with Crippen LogP contribution >= 0.6 is 0 Å². The van der Waals surface area contributed by atoms with E-state index >= 15 is 0 Å². The van der Waals surface area contributed by atoms with Crippen molar-refractivity contribution in [1.82, 2.24) is 0 Å². The van der Waals surface area contributed by atoms with Crippen molar-refractivity contribution in [3.05, 3.63) is 11.6 Å². The molecule has 2 saturated carbocycles. The Balaban J connectivity index is 2.15. The highest BCUT2D eigenvalue weighted by atomic mass is 16.5. The average Bonchev–Trinajstić information content (AvgIpc) is 2.69. The summed E-state index contributed by atoms with van der Waals surface area (Å²) in [4.78, 5) is 23.8. The summed E-state index contributed by atoms with van der Waals surface area (Å²) in [5.41, 5.74) is 0.661. The number of carbonyl (C=O) groups is 2. The monoisotopic (exact) mass is 264 g/mol. The zero-order valence-corrected chi connectivity index (χ0v) is 12.4. The van der Waals surface area contributed by atoms with Gasteiger partial charge in [-0.05, 0) is 38.0 Å². The van der Waals surface area contributed by atoms with E-state index in [-0.39, 0.29) is 23.4 Å². The van der Waals surface area contributed by atoms with Gasteiger partial charge in [-0.1, -0.05) is 19.9 Å². The number of fused-ring (bicyclic) bond motifs is 1. The molecule has 3 nitrogen and oxygen atoms in total. The van der Waals surface area contributed by atoms with E-state index in [9.17, 15) is 9.59 Å². The lowest BCUT2D eigenvalue weighted by atomic mass is 9.62. The Morgan fingerprint density at radius 3 is 2.74 bits per heavy atom. The third-order valence-electron chi connectivity index (χ3n) is 5.34. The predicted molar refractivity (Wildman–Crippen MR) is 73.5 cm³/mol. The maximum absolute atomic E-state index is 11.9. The van der Waals surface area contributed by atoms with Gasteiger partial charge < -0.3 is 4.74 Å². The van der Waals surface area contributed by atoms with Crippen LogP contribution in [0.25, 0.3) is 0 Å². The quantitative estimate of drug-likeness (QED) is 0.568. The highest BCUT2D eigenvalue weighted by molar-refractivity contribution is 5.88. The number of Topliss-reactive ketones (excluding diaryl/α,β-unsaturated/α-hetero) is 1. The van der Waals surface area contributed by atoms with Crippen molar-refractivity contribution in [2.45, 2.75) is 59.5 Å². The van der Waals surface area contributed by atoms with Crippen LogP contribution in [0.1, 0.15) is 53.4 Å². The summed E-state index contributed by atoms with van der Waals surface area (Å²) in [6, 6.07) is 0. The van der Waals surface area contributed by atoms with Crippen molar-refractivity contribution < 1.29 is 14.3 Å². The maximum atomic E-state index is 11.9. The van der Waals surface area contributed by atoms with Gasteiger partial charge in [0.05, 0.1) is 0 Å². The van der Waals surface area contributed by atoms with Crippen LogP contribution in [0.4, 0.5) is 0 Å². The maximum Gasteiger partial charge on any atom is 0.333 e. The third-order valence-corrected chi connectivity index (χ3v) is 5.34. The largest absolute Gasteiger partial charge is 0.459 e. The molecule has 0 unspecified atom stereocenters. The molecule has 2 aliphatic carbocycles. The summed E-state index contributed by atoms with van der Waals surface area (Å²) in [5.74, 6) is 0.827. The van der Waals surface area contributed by atoms with E-state index in [1.54, 1.807) is 13.0 Å². The molecule has 0 aromatic carbocycles. The van der Waals surface area contributed by atoms with E-state index in [2.05, 4.69) is 13.8 Å². The van der Waals surface area contributed by atoms with Gasteiger partial charge in [-0.15, -0.1) is 0 Å². The summed E-state index contributed by atoms with van der Waals surface area (Å²) < 4.78 is 5.66. The zero-order chi connectivity index (χ0) is 14.2. The first-order valence-corrected chi connectivity index (χ1v) is 7.24. The summed E-state index contributed by atoms with van der Waals surface area (Å²) in [6.07, 6.45) is 4.83. The first kappa shape index (κ1) is 14.3. The van der Waals surface area contributed by atoms with Crippen LogP contribution < -0.4 is 0 Å². The van der Waals surface area contributed by atoms with Crippen LogP contribution in [0.15, 0.2) is 11.6 Å². The second-order valence-electron chi connectivity index (χ2n) is 6.43. The Morgan fingerprint density at radius 2 is 2.11 bits per heavy atom. The smallest absolute Gasteiger partial charge is 0.333 e. The molecule has 4 atom stereocenters. The van der Waals surface area contributed by atoms with Crippen molar-refractivity contribution >= 4 is 11.8 Å². The number of hydrogen-bond acceptors (Lipinski definition) is 3. The van der Waals surface area contributed by atoms with Crippen LogP contribution in [0, 0.1) is 17.3 Å². The van der Waals surface area contributed by atoms with Gasteiger partial charge in [-0.25, -0.2) is 4.79 Å². The number of ether oxygens (including phenoxy) is 1. The van der Waals surface area contributed by atoms with Crippen LogP contribution in [0.2, 0.25) is 0 Å². The Hall–Kier alpha value is -1.12. The van der Waals surface area contributed by atoms with Gasteiger partial charge in [-0.3, -0.25) is 4.79 Å². The Labute approximate surface area is 115 Å². The molecule has 2 fully saturated rings. The van der Waals surface area contributed by atoms with Gasteiger partial charge in [0.2, 0.25) is 0 Å². The lowest BCUT2D eigenvalue weighted by Gasteiger charge is -2.45. The average molecular weight is 264 g/mol. The topological polar surface area (TPSA) is 43.4 Å². The Morgan fingerprint density at radius 1 is 1.42 bits per heavy atom. The van der Waals surface area contributed by atoms with Crippen molar-refractivity contribution in [3.63, 3.8) is 0 Å². The molecular formula is C16H24O3. The van der Waals surface area contributed by atoms with Gasteiger partial charge in [0.15, 0.2) is 0 Å². The molecule has 0 aromatic heterocycles. The van der Waals surface area contributed by atoms with Gasteiger partial charge in [0.25, 0.3) is 0 Å². The number of allylic oxidation sites excluding steroid dienone is 1. The summed E-state index contributed by atoms with van der Waals surface area (Å²) in [7, 11) is 0. The highest BCUT2D eigenvalue weighted by Gasteiger charge is 2.53. The van der Waals surface area contributed by atoms with Gasteiger partial charge >= 0.3 is 5.97 Å². The van der Waals surface area contributed by atoms with Crippen molar-refractivity contribution in [3.8, 4) is 0 Å². The molecule has 0 heterocycles. The molecule has 0 radical (unpaired) electrons. The van der Waals surface area contributed by atoms with Crippen LogP contribution in [-0.4, -0.2) is 17.9 Å². The number of hydrogen-bond donors (Lipinski definition) is 0.